The number of amides is 1. The SMILES string of the molecule is CCC(=O)N1CCc2cc(S(=O)(=O)NC3CC(C)(C)Oc4cc(C)ccc43)ccc21. The molecule has 2 heterocycles. The number of sulfonamides is 1. The van der Waals surface area contributed by atoms with Crippen LogP contribution in [0, 0.1) is 6.92 Å². The second-order valence-corrected chi connectivity index (χ2v) is 10.4. The van der Waals surface area contributed by atoms with Crippen LogP contribution < -0.4 is 14.4 Å². The average Bonchev–Trinajstić information content (AvgIpc) is 3.09. The zero-order valence-electron chi connectivity index (χ0n) is 17.9. The molecule has 1 unspecified atom stereocenters. The van der Waals surface area contributed by atoms with Gasteiger partial charge in [0.1, 0.15) is 11.4 Å². The zero-order valence-corrected chi connectivity index (χ0v) is 18.7. The molecular formula is C23H28N2O4S. The first kappa shape index (κ1) is 20.9. The Hall–Kier alpha value is -2.38. The highest BCUT2D eigenvalue weighted by Crippen LogP contribution is 2.41. The number of ether oxygens (including phenoxy) is 1. The van der Waals surface area contributed by atoms with Crippen LogP contribution in [0.5, 0.6) is 5.75 Å². The molecule has 1 N–H and O–H groups in total. The van der Waals surface area contributed by atoms with Crippen molar-refractivity contribution in [3.8, 4) is 5.75 Å². The summed E-state index contributed by atoms with van der Waals surface area (Å²) < 4.78 is 35.4. The molecule has 0 spiro atoms. The third kappa shape index (κ3) is 3.84. The first-order valence-corrected chi connectivity index (χ1v) is 11.8. The number of carbonyl (C=O) groups excluding carboxylic acids is 1. The van der Waals surface area contributed by atoms with Crippen molar-refractivity contribution in [3.63, 3.8) is 0 Å². The molecule has 30 heavy (non-hydrogen) atoms. The van der Waals surface area contributed by atoms with Gasteiger partial charge in [0.2, 0.25) is 15.9 Å². The first-order valence-electron chi connectivity index (χ1n) is 10.3. The molecule has 0 radical (unpaired) electrons. The first-order chi connectivity index (χ1) is 14.1. The van der Waals surface area contributed by atoms with Gasteiger partial charge in [0.15, 0.2) is 0 Å². The van der Waals surface area contributed by atoms with Crippen LogP contribution in [0.4, 0.5) is 5.69 Å². The molecule has 0 saturated heterocycles. The zero-order chi connectivity index (χ0) is 21.7. The Kier molecular flexibility index (Phi) is 5.14. The van der Waals surface area contributed by atoms with Crippen molar-refractivity contribution in [2.45, 2.75) is 63.5 Å². The van der Waals surface area contributed by atoms with Crippen LogP contribution in [0.3, 0.4) is 0 Å². The summed E-state index contributed by atoms with van der Waals surface area (Å²) in [6, 6.07) is 10.5. The van der Waals surface area contributed by atoms with Crippen LogP contribution in [0.2, 0.25) is 0 Å². The average molecular weight is 429 g/mol. The Bertz CT molecular complexity index is 1110. The summed E-state index contributed by atoms with van der Waals surface area (Å²) in [4.78, 5) is 14.1. The molecule has 7 heteroatoms. The Morgan fingerprint density at radius 2 is 2.00 bits per heavy atom. The van der Waals surface area contributed by atoms with Gasteiger partial charge in [-0.1, -0.05) is 19.1 Å². The Morgan fingerprint density at radius 1 is 1.23 bits per heavy atom. The third-order valence-electron chi connectivity index (χ3n) is 5.78. The van der Waals surface area contributed by atoms with E-state index in [1.165, 1.54) is 0 Å². The molecule has 2 aromatic carbocycles. The van der Waals surface area contributed by atoms with Gasteiger partial charge in [-0.2, -0.15) is 0 Å². The quantitative estimate of drug-likeness (QED) is 0.802. The van der Waals surface area contributed by atoms with E-state index in [0.29, 0.717) is 25.8 Å². The van der Waals surface area contributed by atoms with Crippen molar-refractivity contribution in [1.29, 1.82) is 0 Å². The maximum atomic E-state index is 13.2. The number of carbonyl (C=O) groups is 1. The third-order valence-corrected chi connectivity index (χ3v) is 7.25. The monoisotopic (exact) mass is 428 g/mol. The summed E-state index contributed by atoms with van der Waals surface area (Å²) in [5.41, 5.74) is 3.14. The summed E-state index contributed by atoms with van der Waals surface area (Å²) in [5, 5.41) is 0. The Labute approximate surface area is 178 Å². The normalized spacial score (nSPS) is 19.7. The largest absolute Gasteiger partial charge is 0.487 e. The van der Waals surface area contributed by atoms with Crippen LogP contribution in [-0.4, -0.2) is 26.5 Å². The predicted octanol–water partition coefficient (Wildman–Crippen LogP) is 3.87. The van der Waals surface area contributed by atoms with E-state index < -0.39 is 15.6 Å². The highest BCUT2D eigenvalue weighted by atomic mass is 32.2. The lowest BCUT2D eigenvalue weighted by molar-refractivity contribution is -0.118. The minimum absolute atomic E-state index is 0.0545. The molecule has 0 saturated carbocycles. The van der Waals surface area contributed by atoms with E-state index in [0.717, 1.165) is 28.1 Å². The van der Waals surface area contributed by atoms with E-state index in [4.69, 9.17) is 4.74 Å². The van der Waals surface area contributed by atoms with Crippen molar-refractivity contribution >= 4 is 21.6 Å². The van der Waals surface area contributed by atoms with Crippen molar-refractivity contribution in [2.24, 2.45) is 0 Å². The van der Waals surface area contributed by atoms with E-state index in [2.05, 4.69) is 4.72 Å². The molecule has 2 aliphatic heterocycles. The fourth-order valence-corrected chi connectivity index (χ4v) is 5.58. The number of hydrogen-bond donors (Lipinski definition) is 1. The molecule has 2 aliphatic rings. The summed E-state index contributed by atoms with van der Waals surface area (Å²) in [6.45, 7) is 8.35. The molecule has 4 rings (SSSR count). The van der Waals surface area contributed by atoms with E-state index in [9.17, 15) is 13.2 Å². The predicted molar refractivity (Wildman–Crippen MR) is 116 cm³/mol. The van der Waals surface area contributed by atoms with Gasteiger partial charge in [-0.15, -0.1) is 0 Å². The number of benzene rings is 2. The molecule has 1 atom stereocenters. The number of nitrogens with one attached hydrogen (secondary N) is 1. The number of hydrogen-bond acceptors (Lipinski definition) is 4. The van der Waals surface area contributed by atoms with Crippen LogP contribution in [0.15, 0.2) is 41.3 Å². The minimum Gasteiger partial charge on any atom is -0.487 e. The van der Waals surface area contributed by atoms with Crippen molar-refractivity contribution in [2.75, 3.05) is 11.4 Å². The molecule has 0 aliphatic carbocycles. The molecular weight excluding hydrogens is 400 g/mol. The maximum Gasteiger partial charge on any atom is 0.241 e. The lowest BCUT2D eigenvalue weighted by atomic mass is 9.90. The van der Waals surface area contributed by atoms with Gasteiger partial charge in [-0.05, 0) is 62.6 Å². The van der Waals surface area contributed by atoms with Gasteiger partial charge in [-0.25, -0.2) is 13.1 Å². The minimum atomic E-state index is -3.74. The summed E-state index contributed by atoms with van der Waals surface area (Å²) >= 11 is 0. The lowest BCUT2D eigenvalue weighted by Gasteiger charge is -2.38. The number of rotatable bonds is 4. The Morgan fingerprint density at radius 3 is 2.73 bits per heavy atom. The summed E-state index contributed by atoms with van der Waals surface area (Å²) in [6.07, 6.45) is 1.63. The van der Waals surface area contributed by atoms with Crippen molar-refractivity contribution < 1.29 is 17.9 Å². The second-order valence-electron chi connectivity index (χ2n) is 8.72. The molecule has 0 aromatic heterocycles. The van der Waals surface area contributed by atoms with Crippen LogP contribution in [0.25, 0.3) is 0 Å². The fraction of sp³-hybridized carbons (Fsp3) is 0.435. The van der Waals surface area contributed by atoms with Crippen molar-refractivity contribution in [3.05, 3.63) is 53.1 Å². The Balaban J connectivity index is 1.64. The van der Waals surface area contributed by atoms with E-state index >= 15 is 0 Å². The van der Waals surface area contributed by atoms with Crippen LogP contribution in [-0.2, 0) is 21.2 Å². The number of fused-ring (bicyclic) bond motifs is 2. The smallest absolute Gasteiger partial charge is 0.241 e. The lowest BCUT2D eigenvalue weighted by Crippen LogP contribution is -2.41. The number of anilines is 1. The van der Waals surface area contributed by atoms with Crippen molar-refractivity contribution in [1.82, 2.24) is 4.72 Å². The van der Waals surface area contributed by atoms with Gasteiger partial charge < -0.3 is 9.64 Å². The molecule has 1 amide bonds. The molecule has 6 nitrogen and oxygen atoms in total. The van der Waals surface area contributed by atoms with Crippen LogP contribution >= 0.6 is 0 Å². The molecule has 0 fully saturated rings. The van der Waals surface area contributed by atoms with Gasteiger partial charge in [0.25, 0.3) is 0 Å². The van der Waals surface area contributed by atoms with Gasteiger partial charge >= 0.3 is 0 Å². The van der Waals surface area contributed by atoms with E-state index in [1.807, 2.05) is 45.9 Å². The fourth-order valence-electron chi connectivity index (χ4n) is 4.31. The molecule has 0 bridgehead atoms. The van der Waals surface area contributed by atoms with E-state index in [1.54, 1.807) is 23.1 Å². The van der Waals surface area contributed by atoms with Gasteiger partial charge in [-0.3, -0.25) is 4.79 Å². The van der Waals surface area contributed by atoms with Crippen LogP contribution in [0.1, 0.15) is 56.3 Å². The number of nitrogens with zero attached hydrogens (tertiary/aromatic N) is 1. The summed E-state index contributed by atoms with van der Waals surface area (Å²) in [5.74, 6) is 0.778. The number of aryl methyl sites for hydroxylation is 1. The van der Waals surface area contributed by atoms with Gasteiger partial charge in [0, 0.05) is 30.6 Å². The highest BCUT2D eigenvalue weighted by Gasteiger charge is 2.36. The second kappa shape index (κ2) is 7.39. The standard InChI is InChI=1S/C23H28N2O4S/c1-5-22(26)25-11-10-16-13-17(7-9-20(16)25)30(27,28)24-19-14-23(3,4)29-21-12-15(2)6-8-18(19)21/h6-9,12-13,19,24H,5,10-11,14H2,1-4H3. The molecule has 160 valence electrons. The topological polar surface area (TPSA) is 75.7 Å². The highest BCUT2D eigenvalue weighted by molar-refractivity contribution is 7.89. The molecule has 2 aromatic rings. The summed E-state index contributed by atoms with van der Waals surface area (Å²) in [7, 11) is -3.74. The van der Waals surface area contributed by atoms with E-state index in [-0.39, 0.29) is 16.8 Å². The van der Waals surface area contributed by atoms with Gasteiger partial charge in [0.05, 0.1) is 10.9 Å². The maximum absolute atomic E-state index is 13.2.